The van der Waals surface area contributed by atoms with E-state index >= 15 is 0 Å². The highest BCUT2D eigenvalue weighted by molar-refractivity contribution is 5.94. The summed E-state index contributed by atoms with van der Waals surface area (Å²) in [5.74, 6) is 0.781. The largest absolute Gasteiger partial charge is 0.497 e. The third-order valence-corrected chi connectivity index (χ3v) is 5.79. The zero-order valence-electron chi connectivity index (χ0n) is 17.6. The van der Waals surface area contributed by atoms with Crippen LogP contribution in [0.5, 0.6) is 5.75 Å². The molecule has 1 aliphatic rings. The average molecular weight is 401 g/mol. The summed E-state index contributed by atoms with van der Waals surface area (Å²) >= 11 is 0. The molecule has 3 aromatic rings. The first-order valence-corrected chi connectivity index (χ1v) is 10.4. The van der Waals surface area contributed by atoms with Crippen LogP contribution in [0.4, 0.5) is 0 Å². The molecule has 4 heteroatoms. The van der Waals surface area contributed by atoms with Crippen LogP contribution in [0.25, 0.3) is 0 Å². The highest BCUT2D eigenvalue weighted by Gasteiger charge is 2.28. The predicted molar refractivity (Wildman–Crippen MR) is 120 cm³/mol. The molecule has 154 valence electrons. The van der Waals surface area contributed by atoms with Crippen molar-refractivity contribution in [2.24, 2.45) is 0 Å². The average Bonchev–Trinajstić information content (AvgIpc) is 2.81. The summed E-state index contributed by atoms with van der Waals surface area (Å²) in [7, 11) is 1.62. The molecule has 3 aromatic carbocycles. The molecular weight excluding hydrogens is 372 g/mol. The second-order valence-electron chi connectivity index (χ2n) is 7.78. The molecule has 1 saturated heterocycles. The lowest BCUT2D eigenvalue weighted by Crippen LogP contribution is -2.49. The minimum atomic E-state index is 0.0696. The van der Waals surface area contributed by atoms with E-state index in [1.54, 1.807) is 7.11 Å². The zero-order valence-corrected chi connectivity index (χ0v) is 17.6. The normalized spacial score (nSPS) is 15.6. The van der Waals surface area contributed by atoms with Crippen LogP contribution in [0.1, 0.15) is 33.1 Å². The van der Waals surface area contributed by atoms with Gasteiger partial charge < -0.3 is 9.64 Å². The van der Waals surface area contributed by atoms with E-state index in [2.05, 4.69) is 66.4 Å². The molecule has 30 heavy (non-hydrogen) atoms. The van der Waals surface area contributed by atoms with Crippen molar-refractivity contribution in [3.8, 4) is 5.75 Å². The Morgan fingerprint density at radius 1 is 0.833 bits per heavy atom. The lowest BCUT2D eigenvalue weighted by molar-refractivity contribution is 0.0597. The molecule has 0 unspecified atom stereocenters. The quantitative estimate of drug-likeness (QED) is 0.630. The Morgan fingerprint density at radius 2 is 1.50 bits per heavy atom. The highest BCUT2D eigenvalue weighted by atomic mass is 16.5. The van der Waals surface area contributed by atoms with E-state index in [9.17, 15) is 4.79 Å². The van der Waals surface area contributed by atoms with Crippen LogP contribution < -0.4 is 4.74 Å². The summed E-state index contributed by atoms with van der Waals surface area (Å²) in [4.78, 5) is 17.4. The number of hydrogen-bond donors (Lipinski definition) is 0. The van der Waals surface area contributed by atoms with Gasteiger partial charge in [0.15, 0.2) is 0 Å². The van der Waals surface area contributed by atoms with Crippen molar-refractivity contribution in [1.82, 2.24) is 9.80 Å². The SMILES string of the molecule is COc1cccc(C(=O)N2CCN([C@H](c3ccccc3)c3ccc(C)cc3)CC2)c1. The zero-order chi connectivity index (χ0) is 20.9. The van der Waals surface area contributed by atoms with E-state index in [4.69, 9.17) is 4.74 Å². The van der Waals surface area contributed by atoms with Crippen LogP contribution in [0.15, 0.2) is 78.9 Å². The van der Waals surface area contributed by atoms with Crippen LogP contribution in [0.2, 0.25) is 0 Å². The number of ether oxygens (including phenoxy) is 1. The molecule has 0 aromatic heterocycles. The minimum Gasteiger partial charge on any atom is -0.497 e. The van der Waals surface area contributed by atoms with Gasteiger partial charge in [0, 0.05) is 31.7 Å². The minimum absolute atomic E-state index is 0.0696. The molecular formula is C26H28N2O2. The van der Waals surface area contributed by atoms with Crippen molar-refractivity contribution in [2.45, 2.75) is 13.0 Å². The third-order valence-electron chi connectivity index (χ3n) is 5.79. The van der Waals surface area contributed by atoms with Gasteiger partial charge in [-0.05, 0) is 36.2 Å². The monoisotopic (exact) mass is 400 g/mol. The van der Waals surface area contributed by atoms with Crippen molar-refractivity contribution in [3.63, 3.8) is 0 Å². The Bertz CT molecular complexity index is 977. The summed E-state index contributed by atoms with van der Waals surface area (Å²) in [5, 5.41) is 0. The highest BCUT2D eigenvalue weighted by Crippen LogP contribution is 2.30. The van der Waals surface area contributed by atoms with E-state index < -0.39 is 0 Å². The Labute approximate surface area is 178 Å². The maximum Gasteiger partial charge on any atom is 0.254 e. The van der Waals surface area contributed by atoms with Crippen LogP contribution in [-0.2, 0) is 0 Å². The molecule has 0 radical (unpaired) electrons. The van der Waals surface area contributed by atoms with E-state index in [1.807, 2.05) is 29.2 Å². The summed E-state index contributed by atoms with van der Waals surface area (Å²) in [6.07, 6.45) is 0. The standard InChI is InChI=1S/C26H28N2O2/c1-20-11-13-22(14-12-20)25(21-7-4-3-5-8-21)27-15-17-28(18-16-27)26(29)23-9-6-10-24(19-23)30-2/h3-14,19,25H,15-18H2,1-2H3/t25-/m1/s1. The van der Waals surface area contributed by atoms with Crippen LogP contribution in [0.3, 0.4) is 0 Å². The predicted octanol–water partition coefficient (Wildman–Crippen LogP) is 4.55. The Morgan fingerprint density at radius 3 is 2.17 bits per heavy atom. The van der Waals surface area contributed by atoms with Gasteiger partial charge in [-0.2, -0.15) is 0 Å². The fourth-order valence-electron chi connectivity index (χ4n) is 4.12. The van der Waals surface area contributed by atoms with Crippen molar-refractivity contribution >= 4 is 5.91 Å². The first-order valence-electron chi connectivity index (χ1n) is 10.4. The van der Waals surface area contributed by atoms with E-state index in [0.717, 1.165) is 13.1 Å². The molecule has 4 rings (SSSR count). The van der Waals surface area contributed by atoms with Gasteiger partial charge in [-0.15, -0.1) is 0 Å². The van der Waals surface area contributed by atoms with Gasteiger partial charge >= 0.3 is 0 Å². The van der Waals surface area contributed by atoms with Gasteiger partial charge in [-0.3, -0.25) is 9.69 Å². The number of hydrogen-bond acceptors (Lipinski definition) is 3. The smallest absolute Gasteiger partial charge is 0.254 e. The fourth-order valence-corrected chi connectivity index (χ4v) is 4.12. The fraction of sp³-hybridized carbons (Fsp3) is 0.269. The molecule has 1 atom stereocenters. The Balaban J connectivity index is 1.51. The first kappa shape index (κ1) is 20.2. The molecule has 0 bridgehead atoms. The number of amides is 1. The van der Waals surface area contributed by atoms with Gasteiger partial charge in [0.1, 0.15) is 5.75 Å². The number of carbonyl (C=O) groups excluding carboxylic acids is 1. The van der Waals surface area contributed by atoms with Crippen molar-refractivity contribution < 1.29 is 9.53 Å². The number of benzene rings is 3. The second-order valence-corrected chi connectivity index (χ2v) is 7.78. The summed E-state index contributed by atoms with van der Waals surface area (Å²) in [6, 6.07) is 27.0. The molecule has 0 spiro atoms. The van der Waals surface area contributed by atoms with Crippen LogP contribution in [0, 0.1) is 6.92 Å². The number of nitrogens with zero attached hydrogens (tertiary/aromatic N) is 2. The Hall–Kier alpha value is -3.11. The third kappa shape index (κ3) is 4.39. The molecule has 4 nitrogen and oxygen atoms in total. The summed E-state index contributed by atoms with van der Waals surface area (Å²) in [5.41, 5.74) is 4.52. The van der Waals surface area contributed by atoms with Gasteiger partial charge in [-0.25, -0.2) is 0 Å². The van der Waals surface area contributed by atoms with Crippen LogP contribution in [-0.4, -0.2) is 49.0 Å². The van der Waals surface area contributed by atoms with Crippen molar-refractivity contribution in [1.29, 1.82) is 0 Å². The second kappa shape index (κ2) is 9.14. The number of carbonyl (C=O) groups is 1. The molecule has 1 heterocycles. The molecule has 1 aliphatic heterocycles. The van der Waals surface area contributed by atoms with Crippen molar-refractivity contribution in [2.75, 3.05) is 33.3 Å². The summed E-state index contributed by atoms with van der Waals surface area (Å²) < 4.78 is 5.27. The molecule has 0 N–H and O–H groups in total. The topological polar surface area (TPSA) is 32.8 Å². The first-order chi connectivity index (χ1) is 14.7. The van der Waals surface area contributed by atoms with Gasteiger partial charge in [0.2, 0.25) is 0 Å². The molecule has 0 aliphatic carbocycles. The number of rotatable bonds is 5. The van der Waals surface area contributed by atoms with Gasteiger partial charge in [0.05, 0.1) is 13.2 Å². The van der Waals surface area contributed by atoms with Crippen molar-refractivity contribution in [3.05, 3.63) is 101 Å². The molecule has 1 fully saturated rings. The lowest BCUT2D eigenvalue weighted by Gasteiger charge is -2.40. The van der Waals surface area contributed by atoms with E-state index in [0.29, 0.717) is 24.4 Å². The lowest BCUT2D eigenvalue weighted by atomic mass is 9.95. The van der Waals surface area contributed by atoms with E-state index in [-0.39, 0.29) is 11.9 Å². The molecule has 0 saturated carbocycles. The number of aryl methyl sites for hydroxylation is 1. The van der Waals surface area contributed by atoms with E-state index in [1.165, 1.54) is 16.7 Å². The number of methoxy groups -OCH3 is 1. The Kier molecular flexibility index (Phi) is 6.15. The molecule has 1 amide bonds. The van der Waals surface area contributed by atoms with Gasteiger partial charge in [-0.1, -0.05) is 66.2 Å². The summed E-state index contributed by atoms with van der Waals surface area (Å²) in [6.45, 7) is 5.22. The number of piperazine rings is 1. The maximum atomic E-state index is 13.0. The maximum absolute atomic E-state index is 13.0. The van der Waals surface area contributed by atoms with Crippen LogP contribution >= 0.6 is 0 Å². The van der Waals surface area contributed by atoms with Gasteiger partial charge in [0.25, 0.3) is 5.91 Å².